The van der Waals surface area contributed by atoms with Gasteiger partial charge in [0.15, 0.2) is 5.11 Å². The van der Waals surface area contributed by atoms with E-state index < -0.39 is 0 Å². The standard InChI is InChI=1S/C21H30N6OS/c1-16-4-6-19(7-5-16)15-27-18(3)20(17(2)25-27)14-23-24-21(29)22-8-9-26-10-12-28-13-11-26/h4-7,14H,8-13,15H2,1-3H3,(H2,22,24,29)/b23-14-. The molecule has 8 heteroatoms. The lowest BCUT2D eigenvalue weighted by Crippen LogP contribution is -2.42. The molecular weight excluding hydrogens is 384 g/mol. The Hall–Kier alpha value is -2.29. The molecule has 0 aliphatic carbocycles. The van der Waals surface area contributed by atoms with Gasteiger partial charge in [0.05, 0.1) is 31.7 Å². The van der Waals surface area contributed by atoms with Crippen molar-refractivity contribution in [3.8, 4) is 0 Å². The van der Waals surface area contributed by atoms with Crippen molar-refractivity contribution in [1.29, 1.82) is 0 Å². The molecule has 0 radical (unpaired) electrons. The molecule has 1 aliphatic rings. The molecule has 3 rings (SSSR count). The van der Waals surface area contributed by atoms with E-state index in [1.54, 1.807) is 6.21 Å². The molecule has 156 valence electrons. The molecule has 0 saturated carbocycles. The van der Waals surface area contributed by atoms with E-state index in [2.05, 4.69) is 64.0 Å². The van der Waals surface area contributed by atoms with Gasteiger partial charge in [-0.15, -0.1) is 0 Å². The van der Waals surface area contributed by atoms with E-state index in [1.807, 2.05) is 11.6 Å². The second-order valence-corrected chi connectivity index (χ2v) is 7.72. The van der Waals surface area contributed by atoms with Crippen molar-refractivity contribution in [3.05, 3.63) is 52.3 Å². The van der Waals surface area contributed by atoms with Gasteiger partial charge in [-0.05, 0) is 38.6 Å². The van der Waals surface area contributed by atoms with Gasteiger partial charge in [-0.1, -0.05) is 29.8 Å². The Bertz CT molecular complexity index is 840. The van der Waals surface area contributed by atoms with Gasteiger partial charge in [-0.3, -0.25) is 15.0 Å². The zero-order valence-electron chi connectivity index (χ0n) is 17.4. The molecule has 1 aromatic carbocycles. The summed E-state index contributed by atoms with van der Waals surface area (Å²) in [4.78, 5) is 2.36. The fourth-order valence-corrected chi connectivity index (χ4v) is 3.42. The number of ether oxygens (including phenoxy) is 1. The Morgan fingerprint density at radius 1 is 1.21 bits per heavy atom. The molecule has 0 atom stereocenters. The number of hydrazone groups is 1. The molecule has 1 aliphatic heterocycles. The lowest BCUT2D eigenvalue weighted by atomic mass is 10.1. The molecule has 0 bridgehead atoms. The molecule has 0 unspecified atom stereocenters. The van der Waals surface area contributed by atoms with Crippen LogP contribution in [0, 0.1) is 20.8 Å². The minimum absolute atomic E-state index is 0.525. The number of rotatable bonds is 7. The van der Waals surface area contributed by atoms with Crippen LogP contribution in [0.5, 0.6) is 0 Å². The van der Waals surface area contributed by atoms with E-state index >= 15 is 0 Å². The Labute approximate surface area is 178 Å². The SMILES string of the molecule is Cc1ccc(Cn2nc(C)c(/C=N\NC(=S)NCCN3CCOCC3)c2C)cc1. The first-order valence-corrected chi connectivity index (χ1v) is 10.4. The quantitative estimate of drug-likeness (QED) is 0.410. The first kappa shape index (κ1) is 21.4. The van der Waals surface area contributed by atoms with Gasteiger partial charge >= 0.3 is 0 Å². The van der Waals surface area contributed by atoms with Crippen molar-refractivity contribution in [2.24, 2.45) is 5.10 Å². The number of hydrogen-bond donors (Lipinski definition) is 2. The second-order valence-electron chi connectivity index (χ2n) is 7.31. The van der Waals surface area contributed by atoms with Crippen LogP contribution < -0.4 is 10.7 Å². The molecule has 2 aromatic rings. The summed E-state index contributed by atoms with van der Waals surface area (Å²) in [6.07, 6.45) is 1.79. The van der Waals surface area contributed by atoms with Gasteiger partial charge in [0.2, 0.25) is 0 Å². The number of nitrogens with zero attached hydrogens (tertiary/aromatic N) is 4. The van der Waals surface area contributed by atoms with Crippen LogP contribution in [0.1, 0.15) is 28.1 Å². The summed E-state index contributed by atoms with van der Waals surface area (Å²) in [7, 11) is 0. The molecule has 2 N–H and O–H groups in total. The van der Waals surface area contributed by atoms with Crippen molar-refractivity contribution in [3.63, 3.8) is 0 Å². The minimum Gasteiger partial charge on any atom is -0.379 e. The molecule has 0 spiro atoms. The Kier molecular flexibility index (Phi) is 7.74. The highest BCUT2D eigenvalue weighted by Gasteiger charge is 2.11. The van der Waals surface area contributed by atoms with Crippen LogP contribution in [-0.2, 0) is 11.3 Å². The lowest BCUT2D eigenvalue weighted by Gasteiger charge is -2.26. The third-order valence-electron chi connectivity index (χ3n) is 5.07. The first-order chi connectivity index (χ1) is 14.0. The number of benzene rings is 1. The summed E-state index contributed by atoms with van der Waals surface area (Å²) >= 11 is 5.30. The molecule has 1 saturated heterocycles. The highest BCUT2D eigenvalue weighted by molar-refractivity contribution is 7.80. The van der Waals surface area contributed by atoms with E-state index in [4.69, 9.17) is 17.0 Å². The normalized spacial score (nSPS) is 15.0. The highest BCUT2D eigenvalue weighted by atomic mass is 32.1. The number of morpholine rings is 1. The smallest absolute Gasteiger partial charge is 0.187 e. The van der Waals surface area contributed by atoms with E-state index in [1.165, 1.54) is 11.1 Å². The fourth-order valence-electron chi connectivity index (χ4n) is 3.27. The van der Waals surface area contributed by atoms with E-state index in [0.717, 1.165) is 62.9 Å². The highest BCUT2D eigenvalue weighted by Crippen LogP contribution is 2.13. The monoisotopic (exact) mass is 414 g/mol. The maximum atomic E-state index is 5.35. The predicted octanol–water partition coefficient (Wildman–Crippen LogP) is 1.99. The molecule has 7 nitrogen and oxygen atoms in total. The largest absolute Gasteiger partial charge is 0.379 e. The Balaban J connectivity index is 1.48. The van der Waals surface area contributed by atoms with Crippen LogP contribution in [0.2, 0.25) is 0 Å². The predicted molar refractivity (Wildman–Crippen MR) is 121 cm³/mol. The zero-order valence-corrected chi connectivity index (χ0v) is 18.3. The number of aryl methyl sites for hydroxylation is 2. The molecule has 29 heavy (non-hydrogen) atoms. The zero-order chi connectivity index (χ0) is 20.6. The van der Waals surface area contributed by atoms with Crippen LogP contribution in [0.25, 0.3) is 0 Å². The van der Waals surface area contributed by atoms with Crippen LogP contribution in [-0.4, -0.2) is 65.4 Å². The number of thiocarbonyl (C=S) groups is 1. The van der Waals surface area contributed by atoms with Crippen LogP contribution in [0.3, 0.4) is 0 Å². The molecule has 0 amide bonds. The minimum atomic E-state index is 0.525. The van der Waals surface area contributed by atoms with Gasteiger partial charge < -0.3 is 10.1 Å². The van der Waals surface area contributed by atoms with Gasteiger partial charge in [0, 0.05) is 37.4 Å². The Morgan fingerprint density at radius 2 is 1.93 bits per heavy atom. The summed E-state index contributed by atoms with van der Waals surface area (Å²) in [6.45, 7) is 12.2. The summed E-state index contributed by atoms with van der Waals surface area (Å²) in [6, 6.07) is 8.53. The van der Waals surface area contributed by atoms with Crippen molar-refractivity contribution in [1.82, 2.24) is 25.4 Å². The van der Waals surface area contributed by atoms with E-state index in [0.29, 0.717) is 5.11 Å². The average Bonchev–Trinajstić information content (AvgIpc) is 2.98. The molecule has 1 fully saturated rings. The van der Waals surface area contributed by atoms with E-state index in [-0.39, 0.29) is 0 Å². The number of aromatic nitrogens is 2. The molecule has 2 heterocycles. The van der Waals surface area contributed by atoms with Crippen molar-refractivity contribution in [2.45, 2.75) is 27.3 Å². The van der Waals surface area contributed by atoms with Crippen LogP contribution >= 0.6 is 12.2 Å². The van der Waals surface area contributed by atoms with Crippen LogP contribution in [0.4, 0.5) is 0 Å². The summed E-state index contributed by atoms with van der Waals surface area (Å²) in [5.74, 6) is 0. The van der Waals surface area contributed by atoms with E-state index in [9.17, 15) is 0 Å². The Morgan fingerprint density at radius 3 is 2.66 bits per heavy atom. The van der Waals surface area contributed by atoms with Crippen molar-refractivity contribution in [2.75, 3.05) is 39.4 Å². The lowest BCUT2D eigenvalue weighted by molar-refractivity contribution is 0.0389. The first-order valence-electron chi connectivity index (χ1n) is 9.99. The topological polar surface area (TPSA) is 66.7 Å². The third kappa shape index (κ3) is 6.35. The third-order valence-corrected chi connectivity index (χ3v) is 5.30. The average molecular weight is 415 g/mol. The summed E-state index contributed by atoms with van der Waals surface area (Å²) < 4.78 is 7.37. The number of nitrogens with one attached hydrogen (secondary N) is 2. The van der Waals surface area contributed by atoms with Gasteiger partial charge in [0.1, 0.15) is 0 Å². The number of hydrogen-bond acceptors (Lipinski definition) is 5. The maximum Gasteiger partial charge on any atom is 0.187 e. The second kappa shape index (κ2) is 10.5. The molecular formula is C21H30N6OS. The van der Waals surface area contributed by atoms with Crippen LogP contribution in [0.15, 0.2) is 29.4 Å². The molecule has 1 aromatic heterocycles. The van der Waals surface area contributed by atoms with Gasteiger partial charge in [-0.2, -0.15) is 10.2 Å². The van der Waals surface area contributed by atoms with Crippen molar-refractivity contribution >= 4 is 23.5 Å². The van der Waals surface area contributed by atoms with Crippen molar-refractivity contribution < 1.29 is 4.74 Å². The van der Waals surface area contributed by atoms with Gasteiger partial charge in [-0.25, -0.2) is 0 Å². The summed E-state index contributed by atoms with van der Waals surface area (Å²) in [5, 5.41) is 12.7. The maximum absolute atomic E-state index is 5.35. The summed E-state index contributed by atoms with van der Waals surface area (Å²) in [5.41, 5.74) is 8.44. The van der Waals surface area contributed by atoms with Gasteiger partial charge in [0.25, 0.3) is 0 Å². The fraction of sp³-hybridized carbons (Fsp3) is 0.476.